The molecule has 1 aromatic heterocycles. The van der Waals surface area contributed by atoms with Gasteiger partial charge in [-0.2, -0.15) is 0 Å². The van der Waals surface area contributed by atoms with E-state index in [4.69, 9.17) is 4.74 Å². The summed E-state index contributed by atoms with van der Waals surface area (Å²) in [5.41, 5.74) is 0. The van der Waals surface area contributed by atoms with Crippen LogP contribution in [-0.2, 0) is 16.0 Å². The van der Waals surface area contributed by atoms with E-state index in [1.165, 1.54) is 11.3 Å². The molecule has 1 aliphatic rings. The fourth-order valence-electron chi connectivity index (χ4n) is 1.66. The third-order valence-corrected chi connectivity index (χ3v) is 3.58. The van der Waals surface area contributed by atoms with Gasteiger partial charge in [-0.25, -0.2) is 0 Å². The Morgan fingerprint density at radius 2 is 2.50 bits per heavy atom. The minimum atomic E-state index is -0.290. The predicted octanol–water partition coefficient (Wildman–Crippen LogP) is 0.808. The number of hydrogen-bond donors (Lipinski definition) is 2. The van der Waals surface area contributed by atoms with Gasteiger partial charge < -0.3 is 10.1 Å². The highest BCUT2D eigenvalue weighted by Crippen LogP contribution is 2.17. The molecule has 1 atom stereocenters. The number of aryl methyl sites for hydroxylation is 1. The van der Waals surface area contributed by atoms with E-state index in [0.717, 1.165) is 24.3 Å². The van der Waals surface area contributed by atoms with E-state index in [1.807, 2.05) is 0 Å². The summed E-state index contributed by atoms with van der Waals surface area (Å²) in [6, 6.07) is -0.290. The van der Waals surface area contributed by atoms with Crippen molar-refractivity contribution in [2.75, 3.05) is 25.1 Å². The summed E-state index contributed by atoms with van der Waals surface area (Å²) < 4.78 is 5.24. The third kappa shape index (κ3) is 3.72. The van der Waals surface area contributed by atoms with E-state index in [-0.39, 0.29) is 11.9 Å². The first-order valence-electron chi connectivity index (χ1n) is 6.24. The summed E-state index contributed by atoms with van der Waals surface area (Å²) in [4.78, 5) is 11.9. The fraction of sp³-hybridized carbons (Fsp3) is 0.727. The fourth-order valence-corrected chi connectivity index (χ4v) is 2.44. The lowest BCUT2D eigenvalue weighted by Crippen LogP contribution is -2.48. The van der Waals surface area contributed by atoms with Gasteiger partial charge in [-0.05, 0) is 6.42 Å². The van der Waals surface area contributed by atoms with Crippen LogP contribution >= 0.6 is 11.3 Å². The van der Waals surface area contributed by atoms with Gasteiger partial charge in [0.25, 0.3) is 0 Å². The highest BCUT2D eigenvalue weighted by atomic mass is 32.1. The largest absolute Gasteiger partial charge is 0.378 e. The zero-order valence-electron chi connectivity index (χ0n) is 10.4. The Morgan fingerprint density at radius 1 is 1.61 bits per heavy atom. The summed E-state index contributed by atoms with van der Waals surface area (Å²) >= 11 is 1.44. The molecule has 2 rings (SSSR count). The molecule has 1 saturated heterocycles. The molecule has 1 unspecified atom stereocenters. The molecule has 0 aromatic carbocycles. The maximum absolute atomic E-state index is 11.9. The summed E-state index contributed by atoms with van der Waals surface area (Å²) in [6.45, 7) is 3.91. The number of hydrogen-bond acceptors (Lipinski definition) is 6. The van der Waals surface area contributed by atoms with Crippen molar-refractivity contribution in [1.82, 2.24) is 15.5 Å². The molecule has 100 valence electrons. The summed E-state index contributed by atoms with van der Waals surface area (Å²) in [6.07, 6.45) is 3.15. The Kier molecular flexibility index (Phi) is 5.03. The first kappa shape index (κ1) is 13.4. The number of anilines is 1. The summed E-state index contributed by atoms with van der Waals surface area (Å²) in [5, 5.41) is 15.4. The molecule has 2 N–H and O–H groups in total. The van der Waals surface area contributed by atoms with Gasteiger partial charge in [-0.1, -0.05) is 24.7 Å². The van der Waals surface area contributed by atoms with Crippen molar-refractivity contribution in [1.29, 1.82) is 0 Å². The normalized spacial score (nSPS) is 19.7. The molecule has 7 heteroatoms. The number of carbonyl (C=O) groups is 1. The van der Waals surface area contributed by atoms with E-state index in [0.29, 0.717) is 24.9 Å². The average molecular weight is 270 g/mol. The van der Waals surface area contributed by atoms with E-state index in [9.17, 15) is 4.79 Å². The number of rotatable bonds is 5. The summed E-state index contributed by atoms with van der Waals surface area (Å²) in [5.74, 6) is -0.104. The molecule has 1 aromatic rings. The molecule has 1 fully saturated rings. The maximum Gasteiger partial charge on any atom is 0.245 e. The minimum absolute atomic E-state index is 0.104. The molecule has 0 aliphatic carbocycles. The van der Waals surface area contributed by atoms with Crippen LogP contribution in [0.25, 0.3) is 0 Å². The highest BCUT2D eigenvalue weighted by molar-refractivity contribution is 7.15. The second kappa shape index (κ2) is 6.77. The number of aromatic nitrogens is 2. The molecular formula is C11H18N4O2S. The van der Waals surface area contributed by atoms with E-state index in [2.05, 4.69) is 27.8 Å². The van der Waals surface area contributed by atoms with Gasteiger partial charge in [0.15, 0.2) is 0 Å². The Labute approximate surface area is 110 Å². The van der Waals surface area contributed by atoms with E-state index in [1.54, 1.807) is 0 Å². The molecule has 6 nitrogen and oxygen atoms in total. The molecule has 0 spiro atoms. The molecule has 0 bridgehead atoms. The Balaban J connectivity index is 1.84. The molecular weight excluding hydrogens is 252 g/mol. The quantitative estimate of drug-likeness (QED) is 0.828. The van der Waals surface area contributed by atoms with Crippen LogP contribution in [-0.4, -0.2) is 41.9 Å². The van der Waals surface area contributed by atoms with Crippen LogP contribution in [0.5, 0.6) is 0 Å². The maximum atomic E-state index is 11.9. The predicted molar refractivity (Wildman–Crippen MR) is 69.8 cm³/mol. The second-order valence-corrected chi connectivity index (χ2v) is 5.24. The topological polar surface area (TPSA) is 76.1 Å². The number of nitrogens with one attached hydrogen (secondary N) is 2. The van der Waals surface area contributed by atoms with Crippen molar-refractivity contribution in [3.63, 3.8) is 0 Å². The van der Waals surface area contributed by atoms with Gasteiger partial charge in [-0.15, -0.1) is 10.2 Å². The van der Waals surface area contributed by atoms with Crippen LogP contribution in [0.4, 0.5) is 5.13 Å². The monoisotopic (exact) mass is 270 g/mol. The molecule has 0 saturated carbocycles. The van der Waals surface area contributed by atoms with Crippen LogP contribution in [0.1, 0.15) is 24.8 Å². The SMILES string of the molecule is CCCCc1nnc(NC(=O)C2COCCN2)s1. The number of nitrogens with zero attached hydrogens (tertiary/aromatic N) is 2. The average Bonchev–Trinajstić information content (AvgIpc) is 2.85. The van der Waals surface area contributed by atoms with E-state index >= 15 is 0 Å². The van der Waals surface area contributed by atoms with Gasteiger partial charge in [0.05, 0.1) is 13.2 Å². The minimum Gasteiger partial charge on any atom is -0.378 e. The zero-order chi connectivity index (χ0) is 12.8. The molecule has 18 heavy (non-hydrogen) atoms. The standard InChI is InChI=1S/C11H18N4O2S/c1-2-3-4-9-14-15-11(18-9)13-10(16)8-7-17-6-5-12-8/h8,12H,2-7H2,1H3,(H,13,15,16). The van der Waals surface area contributed by atoms with Crippen LogP contribution < -0.4 is 10.6 Å². The Morgan fingerprint density at radius 3 is 3.22 bits per heavy atom. The molecule has 1 aliphatic heterocycles. The number of morpholine rings is 1. The lowest BCUT2D eigenvalue weighted by molar-refractivity contribution is -0.120. The number of carbonyl (C=O) groups excluding carboxylic acids is 1. The lowest BCUT2D eigenvalue weighted by Gasteiger charge is -2.22. The Bertz CT molecular complexity index is 390. The highest BCUT2D eigenvalue weighted by Gasteiger charge is 2.22. The molecule has 0 radical (unpaired) electrons. The number of amides is 1. The first-order valence-corrected chi connectivity index (χ1v) is 7.05. The Hall–Kier alpha value is -1.05. The van der Waals surface area contributed by atoms with Gasteiger partial charge in [-0.3, -0.25) is 10.1 Å². The van der Waals surface area contributed by atoms with E-state index < -0.39 is 0 Å². The first-order chi connectivity index (χ1) is 8.79. The van der Waals surface area contributed by atoms with Crippen LogP contribution in [0.2, 0.25) is 0 Å². The van der Waals surface area contributed by atoms with Gasteiger partial charge >= 0.3 is 0 Å². The van der Waals surface area contributed by atoms with Crippen LogP contribution in [0.3, 0.4) is 0 Å². The molecule has 1 amide bonds. The van der Waals surface area contributed by atoms with Crippen LogP contribution in [0, 0.1) is 0 Å². The molecule has 2 heterocycles. The van der Waals surface area contributed by atoms with Crippen LogP contribution in [0.15, 0.2) is 0 Å². The van der Waals surface area contributed by atoms with Crippen molar-refractivity contribution >= 4 is 22.4 Å². The number of unbranched alkanes of at least 4 members (excludes halogenated alkanes) is 1. The van der Waals surface area contributed by atoms with Crippen molar-refractivity contribution in [2.24, 2.45) is 0 Å². The zero-order valence-corrected chi connectivity index (χ0v) is 11.3. The van der Waals surface area contributed by atoms with Gasteiger partial charge in [0.2, 0.25) is 11.0 Å². The van der Waals surface area contributed by atoms with Crippen molar-refractivity contribution < 1.29 is 9.53 Å². The lowest BCUT2D eigenvalue weighted by atomic mass is 10.2. The summed E-state index contributed by atoms with van der Waals surface area (Å²) in [7, 11) is 0. The smallest absolute Gasteiger partial charge is 0.245 e. The second-order valence-electron chi connectivity index (χ2n) is 4.18. The van der Waals surface area contributed by atoms with Crippen molar-refractivity contribution in [2.45, 2.75) is 32.2 Å². The van der Waals surface area contributed by atoms with Crippen molar-refractivity contribution in [3.05, 3.63) is 5.01 Å². The third-order valence-electron chi connectivity index (χ3n) is 2.68. The van der Waals surface area contributed by atoms with Gasteiger partial charge in [0, 0.05) is 13.0 Å². The van der Waals surface area contributed by atoms with Crippen molar-refractivity contribution in [3.8, 4) is 0 Å². The van der Waals surface area contributed by atoms with Gasteiger partial charge in [0.1, 0.15) is 11.0 Å². The number of ether oxygens (including phenoxy) is 1.